The predicted octanol–water partition coefficient (Wildman–Crippen LogP) is 5.05. The Hall–Kier alpha value is -0.120. The third-order valence-electron chi connectivity index (χ3n) is 3.17. The van der Waals surface area contributed by atoms with E-state index in [1.807, 2.05) is 11.3 Å². The molecule has 1 aromatic heterocycles. The average Bonchev–Trinajstić information content (AvgIpc) is 2.78. The number of hydrogen-bond acceptors (Lipinski definition) is 2. The molecule has 1 nitrogen and oxygen atoms in total. The van der Waals surface area contributed by atoms with Crippen LogP contribution in [-0.2, 0) is 0 Å². The van der Waals surface area contributed by atoms with Crippen molar-refractivity contribution in [2.24, 2.45) is 0 Å². The van der Waals surface area contributed by atoms with Crippen LogP contribution in [0.4, 0.5) is 0 Å². The van der Waals surface area contributed by atoms with Gasteiger partial charge in [0, 0.05) is 14.7 Å². The summed E-state index contributed by atoms with van der Waals surface area (Å²) in [5.41, 5.74) is 1.60. The standard InChI is InChI=1S/C14H20BrNS/c1-2-8-16-14(11-6-4-3-5-7-11)13-9-12(15)10-17-13/h6,9-10,14,16H,2-5,7-8H2,1H3. The molecular formula is C14H20BrNS. The van der Waals surface area contributed by atoms with Gasteiger partial charge in [-0.1, -0.05) is 18.6 Å². The molecule has 0 saturated heterocycles. The lowest BCUT2D eigenvalue weighted by Gasteiger charge is -2.23. The maximum absolute atomic E-state index is 3.69. The fourth-order valence-electron chi connectivity index (χ4n) is 2.31. The number of thiophene rings is 1. The molecule has 1 N–H and O–H groups in total. The van der Waals surface area contributed by atoms with E-state index >= 15 is 0 Å². The minimum Gasteiger partial charge on any atom is -0.306 e. The van der Waals surface area contributed by atoms with Crippen LogP contribution < -0.4 is 5.32 Å². The van der Waals surface area contributed by atoms with Crippen molar-refractivity contribution in [3.8, 4) is 0 Å². The predicted molar refractivity (Wildman–Crippen MR) is 79.6 cm³/mol. The molecular weight excluding hydrogens is 294 g/mol. The Labute approximate surface area is 116 Å². The molecule has 0 aliphatic heterocycles. The molecule has 0 spiro atoms. The zero-order valence-electron chi connectivity index (χ0n) is 10.3. The van der Waals surface area contributed by atoms with Crippen LogP contribution in [0.2, 0.25) is 0 Å². The Bertz CT molecular complexity index is 383. The summed E-state index contributed by atoms with van der Waals surface area (Å²) >= 11 is 5.41. The van der Waals surface area contributed by atoms with Gasteiger partial charge in [0.2, 0.25) is 0 Å². The van der Waals surface area contributed by atoms with Crippen molar-refractivity contribution >= 4 is 27.3 Å². The van der Waals surface area contributed by atoms with Crippen LogP contribution in [0.3, 0.4) is 0 Å². The molecule has 17 heavy (non-hydrogen) atoms. The van der Waals surface area contributed by atoms with Crippen LogP contribution in [-0.4, -0.2) is 6.54 Å². The molecule has 0 bridgehead atoms. The van der Waals surface area contributed by atoms with E-state index in [0.29, 0.717) is 6.04 Å². The van der Waals surface area contributed by atoms with Gasteiger partial charge in [0.15, 0.2) is 0 Å². The van der Waals surface area contributed by atoms with E-state index in [4.69, 9.17) is 0 Å². The SMILES string of the molecule is CCCNC(C1=CCCCC1)c1cc(Br)cs1. The number of hydrogen-bond donors (Lipinski definition) is 1. The minimum atomic E-state index is 0.451. The Morgan fingerprint density at radius 3 is 2.94 bits per heavy atom. The van der Waals surface area contributed by atoms with Gasteiger partial charge in [0.1, 0.15) is 0 Å². The summed E-state index contributed by atoms with van der Waals surface area (Å²) in [5, 5.41) is 5.87. The monoisotopic (exact) mass is 313 g/mol. The first kappa shape index (κ1) is 13.3. The molecule has 0 fully saturated rings. The number of halogens is 1. The average molecular weight is 314 g/mol. The van der Waals surface area contributed by atoms with E-state index < -0.39 is 0 Å². The molecule has 3 heteroatoms. The summed E-state index contributed by atoms with van der Waals surface area (Å²) in [6, 6.07) is 2.71. The summed E-state index contributed by atoms with van der Waals surface area (Å²) in [4.78, 5) is 1.44. The van der Waals surface area contributed by atoms with Crippen molar-refractivity contribution in [3.63, 3.8) is 0 Å². The van der Waals surface area contributed by atoms with Crippen LogP contribution in [0.25, 0.3) is 0 Å². The summed E-state index contributed by atoms with van der Waals surface area (Å²) in [6.07, 6.45) is 8.87. The van der Waals surface area contributed by atoms with Gasteiger partial charge >= 0.3 is 0 Å². The van der Waals surface area contributed by atoms with E-state index in [-0.39, 0.29) is 0 Å². The zero-order chi connectivity index (χ0) is 12.1. The first-order valence-corrected chi connectivity index (χ1v) is 8.14. The van der Waals surface area contributed by atoms with Gasteiger partial charge in [-0.15, -0.1) is 11.3 Å². The normalized spacial score (nSPS) is 17.9. The second kappa shape index (κ2) is 6.72. The number of allylic oxidation sites excluding steroid dienone is 1. The van der Waals surface area contributed by atoms with Crippen molar-refractivity contribution in [2.45, 2.75) is 45.1 Å². The van der Waals surface area contributed by atoms with Gasteiger partial charge in [0.05, 0.1) is 6.04 Å². The van der Waals surface area contributed by atoms with E-state index in [0.717, 1.165) is 6.54 Å². The van der Waals surface area contributed by atoms with Gasteiger partial charge in [-0.3, -0.25) is 0 Å². The summed E-state index contributed by atoms with van der Waals surface area (Å²) in [7, 11) is 0. The van der Waals surface area contributed by atoms with Crippen molar-refractivity contribution < 1.29 is 0 Å². The Kier molecular flexibility index (Phi) is 5.26. The quantitative estimate of drug-likeness (QED) is 0.750. The van der Waals surface area contributed by atoms with Gasteiger partial charge < -0.3 is 5.32 Å². The van der Waals surface area contributed by atoms with E-state index in [1.165, 1.54) is 41.5 Å². The van der Waals surface area contributed by atoms with Crippen molar-refractivity contribution in [2.75, 3.05) is 6.54 Å². The molecule has 0 amide bonds. The third kappa shape index (κ3) is 3.67. The lowest BCUT2D eigenvalue weighted by Crippen LogP contribution is -2.24. The molecule has 1 aliphatic rings. The molecule has 0 aromatic carbocycles. The minimum absolute atomic E-state index is 0.451. The maximum Gasteiger partial charge on any atom is 0.0630 e. The lowest BCUT2D eigenvalue weighted by molar-refractivity contribution is 0.552. The highest BCUT2D eigenvalue weighted by Gasteiger charge is 2.18. The van der Waals surface area contributed by atoms with Crippen LogP contribution in [0, 0.1) is 0 Å². The lowest BCUT2D eigenvalue weighted by atomic mass is 9.93. The largest absolute Gasteiger partial charge is 0.306 e. The van der Waals surface area contributed by atoms with Crippen molar-refractivity contribution in [3.05, 3.63) is 32.4 Å². The second-order valence-electron chi connectivity index (χ2n) is 4.58. The smallest absolute Gasteiger partial charge is 0.0630 e. The second-order valence-corrected chi connectivity index (χ2v) is 6.44. The first-order valence-electron chi connectivity index (χ1n) is 6.47. The first-order chi connectivity index (χ1) is 8.31. The Balaban J connectivity index is 2.15. The van der Waals surface area contributed by atoms with Gasteiger partial charge in [0.25, 0.3) is 0 Å². The van der Waals surface area contributed by atoms with E-state index in [9.17, 15) is 0 Å². The zero-order valence-corrected chi connectivity index (χ0v) is 12.7. The van der Waals surface area contributed by atoms with Crippen LogP contribution in [0.15, 0.2) is 27.6 Å². The molecule has 94 valence electrons. The fourth-order valence-corrected chi connectivity index (χ4v) is 3.87. The van der Waals surface area contributed by atoms with Gasteiger partial charge in [-0.25, -0.2) is 0 Å². The molecule has 1 atom stereocenters. The van der Waals surface area contributed by atoms with Crippen molar-refractivity contribution in [1.82, 2.24) is 5.32 Å². The van der Waals surface area contributed by atoms with E-state index in [1.54, 1.807) is 5.57 Å². The molecule has 1 heterocycles. The molecule has 0 saturated carbocycles. The highest BCUT2D eigenvalue weighted by molar-refractivity contribution is 9.10. The van der Waals surface area contributed by atoms with Gasteiger partial charge in [-0.2, -0.15) is 0 Å². The molecule has 1 aliphatic carbocycles. The number of nitrogens with one attached hydrogen (secondary N) is 1. The number of rotatable bonds is 5. The fraction of sp³-hybridized carbons (Fsp3) is 0.571. The Morgan fingerprint density at radius 1 is 1.47 bits per heavy atom. The van der Waals surface area contributed by atoms with E-state index in [2.05, 4.69) is 45.7 Å². The molecule has 2 rings (SSSR count). The molecule has 1 aromatic rings. The topological polar surface area (TPSA) is 12.0 Å². The van der Waals surface area contributed by atoms with Crippen LogP contribution in [0.5, 0.6) is 0 Å². The maximum atomic E-state index is 3.69. The Morgan fingerprint density at radius 2 is 2.35 bits per heavy atom. The molecule has 1 unspecified atom stereocenters. The highest BCUT2D eigenvalue weighted by Crippen LogP contribution is 2.34. The summed E-state index contributed by atoms with van der Waals surface area (Å²) < 4.78 is 1.21. The summed E-state index contributed by atoms with van der Waals surface area (Å²) in [5.74, 6) is 0. The van der Waals surface area contributed by atoms with Gasteiger partial charge in [-0.05, 0) is 60.6 Å². The van der Waals surface area contributed by atoms with Crippen molar-refractivity contribution in [1.29, 1.82) is 0 Å². The highest BCUT2D eigenvalue weighted by atomic mass is 79.9. The van der Waals surface area contributed by atoms with Crippen LogP contribution in [0.1, 0.15) is 49.9 Å². The summed E-state index contributed by atoms with van der Waals surface area (Å²) in [6.45, 7) is 3.32. The van der Waals surface area contributed by atoms with Crippen LogP contribution >= 0.6 is 27.3 Å². The third-order valence-corrected chi connectivity index (χ3v) is 4.93. The molecule has 0 radical (unpaired) electrons.